The normalized spacial score (nSPS) is 17.3. The Balaban J connectivity index is 2.31. The van der Waals surface area contributed by atoms with Gasteiger partial charge in [-0.2, -0.15) is 0 Å². The third-order valence-corrected chi connectivity index (χ3v) is 3.45. The number of carbonyl (C=O) groups excluding carboxylic acids is 2. The van der Waals surface area contributed by atoms with E-state index in [0.29, 0.717) is 13.1 Å². The summed E-state index contributed by atoms with van der Waals surface area (Å²) in [5, 5.41) is 5.66. The zero-order valence-corrected chi connectivity index (χ0v) is 12.5. The van der Waals surface area contributed by atoms with Crippen molar-refractivity contribution in [1.29, 1.82) is 0 Å². The van der Waals surface area contributed by atoms with Gasteiger partial charge in [-0.3, -0.25) is 4.79 Å². The Bertz CT molecular complexity index is 330. The second kappa shape index (κ2) is 6.26. The first-order valence-corrected chi connectivity index (χ1v) is 6.94. The molecule has 0 atom stereocenters. The summed E-state index contributed by atoms with van der Waals surface area (Å²) >= 11 is 0. The fourth-order valence-electron chi connectivity index (χ4n) is 2.27. The molecule has 2 amide bonds. The maximum atomic E-state index is 11.6. The Morgan fingerprint density at radius 3 is 2.26 bits per heavy atom. The smallest absolute Gasteiger partial charge is 0.407 e. The number of nitrogens with one attached hydrogen (secondary N) is 2. The van der Waals surface area contributed by atoms with Crippen LogP contribution in [0.4, 0.5) is 4.79 Å². The zero-order chi connectivity index (χ0) is 14.5. The van der Waals surface area contributed by atoms with Crippen LogP contribution in [-0.4, -0.2) is 30.7 Å². The minimum atomic E-state index is -0.465. The first kappa shape index (κ1) is 15.8. The van der Waals surface area contributed by atoms with E-state index in [0.717, 1.165) is 19.3 Å². The summed E-state index contributed by atoms with van der Waals surface area (Å²) in [6, 6.07) is 0. The van der Waals surface area contributed by atoms with Crippen LogP contribution < -0.4 is 10.6 Å². The lowest BCUT2D eigenvalue weighted by Gasteiger charge is -2.42. The number of amides is 2. The lowest BCUT2D eigenvalue weighted by molar-refractivity contribution is -0.119. The largest absolute Gasteiger partial charge is 0.444 e. The molecule has 1 rings (SSSR count). The Morgan fingerprint density at radius 2 is 1.84 bits per heavy atom. The van der Waals surface area contributed by atoms with Crippen LogP contribution in [0.5, 0.6) is 0 Å². The van der Waals surface area contributed by atoms with Gasteiger partial charge in [-0.15, -0.1) is 0 Å². The van der Waals surface area contributed by atoms with E-state index in [1.54, 1.807) is 0 Å². The third kappa shape index (κ3) is 5.94. The topological polar surface area (TPSA) is 67.4 Å². The highest BCUT2D eigenvalue weighted by atomic mass is 16.6. The van der Waals surface area contributed by atoms with E-state index in [1.165, 1.54) is 13.3 Å². The summed E-state index contributed by atoms with van der Waals surface area (Å²) in [5.74, 6) is -0.00502. The first-order chi connectivity index (χ1) is 8.72. The molecule has 0 heterocycles. The quantitative estimate of drug-likeness (QED) is 0.805. The van der Waals surface area contributed by atoms with Gasteiger partial charge in [0.15, 0.2) is 0 Å². The number of ether oxygens (including phenoxy) is 1. The van der Waals surface area contributed by atoms with Crippen molar-refractivity contribution in [3.8, 4) is 0 Å². The minimum absolute atomic E-state index is 0.00502. The number of hydrogen-bond donors (Lipinski definition) is 2. The monoisotopic (exact) mass is 270 g/mol. The fourth-order valence-corrected chi connectivity index (χ4v) is 2.27. The van der Waals surface area contributed by atoms with Crippen LogP contribution in [0, 0.1) is 5.41 Å². The van der Waals surface area contributed by atoms with Crippen LogP contribution >= 0.6 is 0 Å². The van der Waals surface area contributed by atoms with Crippen molar-refractivity contribution in [2.45, 2.75) is 59.0 Å². The highest BCUT2D eigenvalue weighted by Gasteiger charge is 2.37. The highest BCUT2D eigenvalue weighted by Crippen LogP contribution is 2.43. The van der Waals surface area contributed by atoms with Crippen molar-refractivity contribution in [1.82, 2.24) is 10.6 Å². The predicted octanol–water partition coefficient (Wildman–Crippen LogP) is 2.21. The summed E-state index contributed by atoms with van der Waals surface area (Å²) in [6.07, 6.45) is 3.93. The Morgan fingerprint density at radius 1 is 1.21 bits per heavy atom. The van der Waals surface area contributed by atoms with E-state index >= 15 is 0 Å². The standard InChI is InChI=1S/C14H26N2O3/c1-11(17)15-9-8-14(6-5-7-14)10-16-12(18)19-13(2,3)4/h5-10H2,1-4H3,(H,15,17)(H,16,18). The maximum absolute atomic E-state index is 11.6. The molecule has 5 nitrogen and oxygen atoms in total. The number of rotatable bonds is 5. The van der Waals surface area contributed by atoms with E-state index in [1.807, 2.05) is 20.8 Å². The van der Waals surface area contributed by atoms with Crippen LogP contribution in [0.1, 0.15) is 53.4 Å². The Kier molecular flexibility index (Phi) is 5.20. The van der Waals surface area contributed by atoms with Crippen molar-refractivity contribution in [3.05, 3.63) is 0 Å². The molecule has 1 saturated carbocycles. The summed E-state index contributed by atoms with van der Waals surface area (Å²) in [4.78, 5) is 22.5. The SMILES string of the molecule is CC(=O)NCCC1(CNC(=O)OC(C)(C)C)CCC1. The molecule has 0 aromatic carbocycles. The molecule has 2 N–H and O–H groups in total. The molecule has 0 saturated heterocycles. The van der Waals surface area contributed by atoms with Gasteiger partial charge in [0, 0.05) is 20.0 Å². The molecule has 0 unspecified atom stereocenters. The molecule has 1 aliphatic carbocycles. The van der Waals surface area contributed by atoms with Gasteiger partial charge in [0.25, 0.3) is 0 Å². The molecule has 5 heteroatoms. The average Bonchev–Trinajstić information content (AvgIpc) is 2.17. The van der Waals surface area contributed by atoms with Gasteiger partial charge in [0.05, 0.1) is 0 Å². The molecular weight excluding hydrogens is 244 g/mol. The van der Waals surface area contributed by atoms with Crippen molar-refractivity contribution < 1.29 is 14.3 Å². The molecule has 110 valence electrons. The van der Waals surface area contributed by atoms with E-state index in [4.69, 9.17) is 4.74 Å². The Labute approximate surface area is 115 Å². The third-order valence-electron chi connectivity index (χ3n) is 3.45. The second-order valence-corrected chi connectivity index (χ2v) is 6.44. The summed E-state index contributed by atoms with van der Waals surface area (Å²) in [5.41, 5.74) is -0.327. The fraction of sp³-hybridized carbons (Fsp3) is 0.857. The van der Waals surface area contributed by atoms with Crippen LogP contribution in [0.2, 0.25) is 0 Å². The van der Waals surface area contributed by atoms with Crippen molar-refractivity contribution in [3.63, 3.8) is 0 Å². The average molecular weight is 270 g/mol. The van der Waals surface area contributed by atoms with Crippen molar-refractivity contribution in [2.75, 3.05) is 13.1 Å². The molecule has 0 aromatic heterocycles. The molecule has 1 aliphatic rings. The van der Waals surface area contributed by atoms with E-state index in [9.17, 15) is 9.59 Å². The van der Waals surface area contributed by atoms with Gasteiger partial charge in [0.1, 0.15) is 5.60 Å². The van der Waals surface area contributed by atoms with Crippen LogP contribution in [0.15, 0.2) is 0 Å². The lowest BCUT2D eigenvalue weighted by Crippen LogP contribution is -2.45. The molecule has 0 bridgehead atoms. The molecule has 0 aliphatic heterocycles. The van der Waals surface area contributed by atoms with Gasteiger partial charge >= 0.3 is 6.09 Å². The maximum Gasteiger partial charge on any atom is 0.407 e. The molecular formula is C14H26N2O3. The van der Waals surface area contributed by atoms with Crippen molar-refractivity contribution in [2.24, 2.45) is 5.41 Å². The Hall–Kier alpha value is -1.26. The predicted molar refractivity (Wildman–Crippen MR) is 73.8 cm³/mol. The van der Waals surface area contributed by atoms with E-state index < -0.39 is 5.60 Å². The lowest BCUT2D eigenvalue weighted by atomic mass is 9.66. The van der Waals surface area contributed by atoms with Crippen molar-refractivity contribution >= 4 is 12.0 Å². The molecule has 1 fully saturated rings. The van der Waals surface area contributed by atoms with Crippen LogP contribution in [0.3, 0.4) is 0 Å². The minimum Gasteiger partial charge on any atom is -0.444 e. The molecule has 19 heavy (non-hydrogen) atoms. The van der Waals surface area contributed by atoms with Gasteiger partial charge in [0.2, 0.25) is 5.91 Å². The summed E-state index contributed by atoms with van der Waals surface area (Å²) < 4.78 is 5.22. The second-order valence-electron chi connectivity index (χ2n) is 6.44. The highest BCUT2D eigenvalue weighted by molar-refractivity contribution is 5.72. The van der Waals surface area contributed by atoms with E-state index in [-0.39, 0.29) is 17.4 Å². The zero-order valence-electron chi connectivity index (χ0n) is 12.5. The number of hydrogen-bond acceptors (Lipinski definition) is 3. The van der Waals surface area contributed by atoms with Gasteiger partial charge in [-0.25, -0.2) is 4.79 Å². The number of carbonyl (C=O) groups is 2. The van der Waals surface area contributed by atoms with E-state index in [2.05, 4.69) is 10.6 Å². The van der Waals surface area contributed by atoms with Gasteiger partial charge in [-0.1, -0.05) is 6.42 Å². The first-order valence-electron chi connectivity index (χ1n) is 6.94. The van der Waals surface area contributed by atoms with Crippen LogP contribution in [0.25, 0.3) is 0 Å². The molecule has 0 radical (unpaired) electrons. The van der Waals surface area contributed by atoms with Gasteiger partial charge in [-0.05, 0) is 45.4 Å². The van der Waals surface area contributed by atoms with Crippen LogP contribution in [-0.2, 0) is 9.53 Å². The molecule has 0 aromatic rings. The molecule has 0 spiro atoms. The summed E-state index contributed by atoms with van der Waals surface area (Å²) in [7, 11) is 0. The summed E-state index contributed by atoms with van der Waals surface area (Å²) in [6.45, 7) is 8.37. The number of alkyl carbamates (subject to hydrolysis) is 1. The van der Waals surface area contributed by atoms with Gasteiger partial charge < -0.3 is 15.4 Å².